The van der Waals surface area contributed by atoms with E-state index in [4.69, 9.17) is 0 Å². The lowest BCUT2D eigenvalue weighted by atomic mass is 10.0. The fourth-order valence-corrected chi connectivity index (χ4v) is 1.39. The highest BCUT2D eigenvalue weighted by Gasteiger charge is 2.45. The van der Waals surface area contributed by atoms with Gasteiger partial charge in [-0.3, -0.25) is 4.98 Å². The molecule has 1 rings (SSSR count). The van der Waals surface area contributed by atoms with Crippen molar-refractivity contribution in [1.82, 2.24) is 10.3 Å². The van der Waals surface area contributed by atoms with Crippen molar-refractivity contribution in [3.05, 3.63) is 29.6 Å². The minimum absolute atomic E-state index is 0.519. The summed E-state index contributed by atoms with van der Waals surface area (Å²) in [7, 11) is 0.936. The molecule has 0 aliphatic rings. The summed E-state index contributed by atoms with van der Waals surface area (Å²) in [5, 5.41) is 1.81. The van der Waals surface area contributed by atoms with Gasteiger partial charge in [0.15, 0.2) is 0 Å². The number of nitrogens with one attached hydrogen (secondary N) is 1. The Balaban J connectivity index is 3.30. The molecule has 1 heterocycles. The summed E-state index contributed by atoms with van der Waals surface area (Å²) in [5.41, 5.74) is -2.28. The molecular formula is C9H8F6N2. The van der Waals surface area contributed by atoms with Crippen molar-refractivity contribution in [1.29, 1.82) is 0 Å². The lowest BCUT2D eigenvalue weighted by Gasteiger charge is -2.22. The molecule has 2 nitrogen and oxygen atoms in total. The number of hydrogen-bond donors (Lipinski definition) is 1. The third-order valence-electron chi connectivity index (χ3n) is 2.08. The zero-order chi connectivity index (χ0) is 13.3. The summed E-state index contributed by atoms with van der Waals surface area (Å²) in [6, 6.07) is -1.88. The van der Waals surface area contributed by atoms with Crippen molar-refractivity contribution < 1.29 is 26.3 Å². The Hall–Kier alpha value is -1.31. The number of halogens is 6. The van der Waals surface area contributed by atoms with E-state index in [0.717, 1.165) is 13.2 Å². The molecule has 96 valence electrons. The summed E-state index contributed by atoms with van der Waals surface area (Å²) < 4.78 is 75.1. The third-order valence-corrected chi connectivity index (χ3v) is 2.08. The average Bonchev–Trinajstić information content (AvgIpc) is 2.15. The highest BCUT2D eigenvalue weighted by Crippen LogP contribution is 2.39. The molecule has 0 amide bonds. The fourth-order valence-electron chi connectivity index (χ4n) is 1.39. The van der Waals surface area contributed by atoms with Crippen LogP contribution in [0.25, 0.3) is 0 Å². The first-order valence-corrected chi connectivity index (χ1v) is 4.43. The summed E-state index contributed by atoms with van der Waals surface area (Å²) in [6.07, 6.45) is -8.30. The second-order valence-corrected chi connectivity index (χ2v) is 3.22. The monoisotopic (exact) mass is 258 g/mol. The van der Waals surface area contributed by atoms with Gasteiger partial charge in [-0.05, 0) is 13.1 Å². The number of hydrogen-bond acceptors (Lipinski definition) is 2. The number of nitrogens with zero attached hydrogens (tertiary/aromatic N) is 1. The predicted molar refractivity (Wildman–Crippen MR) is 47.1 cm³/mol. The first kappa shape index (κ1) is 13.8. The van der Waals surface area contributed by atoms with Crippen LogP contribution in [0.5, 0.6) is 0 Å². The molecule has 17 heavy (non-hydrogen) atoms. The van der Waals surface area contributed by atoms with E-state index in [2.05, 4.69) is 4.98 Å². The molecular weight excluding hydrogens is 250 g/mol. The van der Waals surface area contributed by atoms with E-state index in [-0.39, 0.29) is 0 Å². The average molecular weight is 258 g/mol. The van der Waals surface area contributed by atoms with Crippen molar-refractivity contribution >= 4 is 0 Å². The lowest BCUT2D eigenvalue weighted by Crippen LogP contribution is -2.33. The van der Waals surface area contributed by atoms with Gasteiger partial charge in [0, 0.05) is 18.0 Å². The van der Waals surface area contributed by atoms with E-state index in [0.29, 0.717) is 12.3 Å². The molecule has 0 bridgehead atoms. The normalized spacial score (nSPS) is 14.8. The van der Waals surface area contributed by atoms with Crippen molar-refractivity contribution in [2.24, 2.45) is 0 Å². The molecule has 0 spiro atoms. The van der Waals surface area contributed by atoms with E-state index in [1.54, 1.807) is 5.32 Å². The SMILES string of the molecule is CNC(c1cnccc1C(F)(F)F)C(F)(F)F. The van der Waals surface area contributed by atoms with Crippen LogP contribution in [0.15, 0.2) is 18.5 Å². The van der Waals surface area contributed by atoms with Crippen LogP contribution in [0, 0.1) is 0 Å². The second-order valence-electron chi connectivity index (χ2n) is 3.22. The Kier molecular flexibility index (Phi) is 3.65. The molecule has 0 aliphatic heterocycles. The Labute approximate surface area is 92.7 Å². The summed E-state index contributed by atoms with van der Waals surface area (Å²) in [4.78, 5) is 3.30. The maximum absolute atomic E-state index is 12.5. The standard InChI is InChI=1S/C9H8F6N2/c1-16-7(9(13,14)15)5-4-17-3-2-6(5)8(10,11)12/h2-4,7,16H,1H3. The van der Waals surface area contributed by atoms with E-state index >= 15 is 0 Å². The summed E-state index contributed by atoms with van der Waals surface area (Å²) >= 11 is 0. The quantitative estimate of drug-likeness (QED) is 0.825. The van der Waals surface area contributed by atoms with Gasteiger partial charge in [0.1, 0.15) is 6.04 Å². The topological polar surface area (TPSA) is 24.9 Å². The molecule has 0 aliphatic carbocycles. The maximum atomic E-state index is 12.5. The van der Waals surface area contributed by atoms with Crippen LogP contribution in [0.3, 0.4) is 0 Å². The van der Waals surface area contributed by atoms with Gasteiger partial charge in [-0.1, -0.05) is 0 Å². The summed E-state index contributed by atoms with van der Waals surface area (Å²) in [6.45, 7) is 0. The van der Waals surface area contributed by atoms with Gasteiger partial charge in [0.2, 0.25) is 0 Å². The molecule has 1 aromatic rings. The highest BCUT2D eigenvalue weighted by atomic mass is 19.4. The zero-order valence-corrected chi connectivity index (χ0v) is 8.52. The number of pyridine rings is 1. The Bertz CT molecular complexity index is 384. The van der Waals surface area contributed by atoms with Gasteiger partial charge < -0.3 is 5.32 Å². The van der Waals surface area contributed by atoms with Crippen LogP contribution in [0.1, 0.15) is 17.2 Å². The van der Waals surface area contributed by atoms with Crippen molar-refractivity contribution in [2.45, 2.75) is 18.4 Å². The molecule has 1 atom stereocenters. The molecule has 0 saturated carbocycles. The first-order valence-electron chi connectivity index (χ1n) is 4.43. The molecule has 0 aromatic carbocycles. The van der Waals surface area contributed by atoms with Crippen LogP contribution >= 0.6 is 0 Å². The molecule has 8 heteroatoms. The highest BCUT2D eigenvalue weighted by molar-refractivity contribution is 5.30. The molecule has 1 unspecified atom stereocenters. The zero-order valence-electron chi connectivity index (χ0n) is 8.52. The van der Waals surface area contributed by atoms with E-state index < -0.39 is 29.5 Å². The third kappa shape index (κ3) is 3.09. The maximum Gasteiger partial charge on any atom is 0.416 e. The Morgan fingerprint density at radius 2 is 1.76 bits per heavy atom. The molecule has 1 N–H and O–H groups in total. The van der Waals surface area contributed by atoms with Crippen molar-refractivity contribution in [3.8, 4) is 0 Å². The van der Waals surface area contributed by atoms with E-state index in [1.807, 2.05) is 0 Å². The molecule has 0 saturated heterocycles. The minimum Gasteiger partial charge on any atom is -0.305 e. The van der Waals surface area contributed by atoms with Crippen LogP contribution in [0.2, 0.25) is 0 Å². The van der Waals surface area contributed by atoms with Gasteiger partial charge in [-0.15, -0.1) is 0 Å². The minimum atomic E-state index is -4.85. The second kappa shape index (κ2) is 4.52. The van der Waals surface area contributed by atoms with Gasteiger partial charge in [0.25, 0.3) is 0 Å². The van der Waals surface area contributed by atoms with Crippen LogP contribution < -0.4 is 5.32 Å². The Morgan fingerprint density at radius 3 is 2.18 bits per heavy atom. The van der Waals surface area contributed by atoms with Crippen LogP contribution in [-0.2, 0) is 6.18 Å². The fraction of sp³-hybridized carbons (Fsp3) is 0.444. The number of rotatable bonds is 2. The van der Waals surface area contributed by atoms with Gasteiger partial charge in [-0.2, -0.15) is 26.3 Å². The number of alkyl halides is 6. The molecule has 0 fully saturated rings. The van der Waals surface area contributed by atoms with Crippen molar-refractivity contribution in [3.63, 3.8) is 0 Å². The molecule has 1 aromatic heterocycles. The first-order chi connectivity index (χ1) is 7.68. The Morgan fingerprint density at radius 1 is 1.18 bits per heavy atom. The van der Waals surface area contributed by atoms with E-state index in [9.17, 15) is 26.3 Å². The molecule has 0 radical (unpaired) electrons. The summed E-state index contributed by atoms with van der Waals surface area (Å²) in [5.74, 6) is 0. The predicted octanol–water partition coefficient (Wildman–Crippen LogP) is 2.92. The van der Waals surface area contributed by atoms with Crippen molar-refractivity contribution in [2.75, 3.05) is 7.05 Å². The van der Waals surface area contributed by atoms with Gasteiger partial charge in [0.05, 0.1) is 5.56 Å². The van der Waals surface area contributed by atoms with Crippen LogP contribution in [-0.4, -0.2) is 18.2 Å². The smallest absolute Gasteiger partial charge is 0.305 e. The van der Waals surface area contributed by atoms with Gasteiger partial charge >= 0.3 is 12.4 Å². The van der Waals surface area contributed by atoms with E-state index in [1.165, 1.54) is 0 Å². The number of aromatic nitrogens is 1. The lowest BCUT2D eigenvalue weighted by molar-refractivity contribution is -0.161. The van der Waals surface area contributed by atoms with Crippen LogP contribution in [0.4, 0.5) is 26.3 Å². The largest absolute Gasteiger partial charge is 0.416 e. The van der Waals surface area contributed by atoms with Gasteiger partial charge in [-0.25, -0.2) is 0 Å².